The molecule has 0 aliphatic heterocycles. The summed E-state index contributed by atoms with van der Waals surface area (Å²) < 4.78 is 21.1. The van der Waals surface area contributed by atoms with E-state index >= 15 is 0 Å². The summed E-state index contributed by atoms with van der Waals surface area (Å²) in [4.78, 5) is 34.3. The summed E-state index contributed by atoms with van der Waals surface area (Å²) in [6.45, 7) is -0.788. The molecule has 0 spiro atoms. The van der Waals surface area contributed by atoms with Crippen LogP contribution < -0.4 is 15.8 Å². The Hall–Kier alpha value is -4.84. The molecule has 1 aliphatic carbocycles. The number of nitroso groups, excluding NO2 is 1. The first-order chi connectivity index (χ1) is 22.6. The number of halogens is 2. The number of carboxylic acids is 1. The molecule has 1 amide bonds. The van der Waals surface area contributed by atoms with Crippen LogP contribution in [0.5, 0.6) is 11.5 Å². The van der Waals surface area contributed by atoms with Gasteiger partial charge in [0.15, 0.2) is 11.6 Å². The zero-order valence-electron chi connectivity index (χ0n) is 25.2. The molecule has 0 saturated carbocycles. The molecule has 244 valence electrons. The molecule has 47 heavy (non-hydrogen) atoms. The molecule has 0 radical (unpaired) electrons. The zero-order valence-corrected chi connectivity index (χ0v) is 26.0. The molecule has 0 fully saturated rings. The Labute approximate surface area is 274 Å². The highest BCUT2D eigenvalue weighted by molar-refractivity contribution is 6.31. The van der Waals surface area contributed by atoms with E-state index in [0.29, 0.717) is 45.9 Å². The third kappa shape index (κ3) is 7.60. The molecule has 10 nitrogen and oxygen atoms in total. The molecule has 2 atom stereocenters. The van der Waals surface area contributed by atoms with Crippen molar-refractivity contribution < 1.29 is 34.0 Å². The van der Waals surface area contributed by atoms with Gasteiger partial charge in [0.25, 0.3) is 0 Å². The fraction of sp³-hybridized carbons (Fsp3) is 0.257. The molecule has 0 bridgehead atoms. The summed E-state index contributed by atoms with van der Waals surface area (Å²) in [6, 6.07) is 17.3. The van der Waals surface area contributed by atoms with Crippen molar-refractivity contribution in [2.24, 2.45) is 10.9 Å². The van der Waals surface area contributed by atoms with Gasteiger partial charge in [-0.3, -0.25) is 14.9 Å². The number of primary amides is 1. The van der Waals surface area contributed by atoms with Crippen LogP contribution in [-0.4, -0.2) is 39.8 Å². The number of benzene rings is 4. The molecule has 0 heterocycles. The van der Waals surface area contributed by atoms with E-state index in [0.717, 1.165) is 28.7 Å². The minimum absolute atomic E-state index is 0.0135. The lowest BCUT2D eigenvalue weighted by atomic mass is 9.90. The number of nitrogens with one attached hydrogen (secondary N) is 1. The molecule has 1 aliphatic rings. The van der Waals surface area contributed by atoms with Crippen LogP contribution in [0.3, 0.4) is 0 Å². The zero-order chi connectivity index (χ0) is 33.7. The molecule has 6 N–H and O–H groups in total. The number of nitrogens with zero attached hydrogens (tertiary/aromatic N) is 1. The van der Waals surface area contributed by atoms with Crippen LogP contribution in [0, 0.1) is 10.7 Å². The van der Waals surface area contributed by atoms with Gasteiger partial charge in [-0.15, -0.1) is 0 Å². The quantitative estimate of drug-likeness (QED) is 0.109. The van der Waals surface area contributed by atoms with Crippen LogP contribution in [-0.2, 0) is 37.3 Å². The minimum atomic E-state index is -1.22. The summed E-state index contributed by atoms with van der Waals surface area (Å²) in [5.41, 5.74) is 11.2. The Kier molecular flexibility index (Phi) is 10.5. The maximum atomic E-state index is 14.9. The van der Waals surface area contributed by atoms with Crippen molar-refractivity contribution >= 4 is 23.5 Å². The van der Waals surface area contributed by atoms with Gasteiger partial charge in [-0.05, 0) is 88.9 Å². The average molecular weight is 662 g/mol. The number of carbonyl (C=O) groups is 2. The second-order valence-electron chi connectivity index (χ2n) is 11.4. The SMILES string of the molecule is NC(=O)c1cc(CN=O)cc(COc2cc(C[C@H]3CCc4c(-c5cccc(O)c5F)cccc43)c(Cl)cc2CNC(CO)C(=O)O)c1. The fourth-order valence-corrected chi connectivity index (χ4v) is 6.31. The number of aliphatic hydroxyl groups is 1. The summed E-state index contributed by atoms with van der Waals surface area (Å²) in [7, 11) is 0. The number of ether oxygens (including phenoxy) is 1. The lowest BCUT2D eigenvalue weighted by Gasteiger charge is -2.19. The average Bonchev–Trinajstić information content (AvgIpc) is 3.46. The first kappa shape index (κ1) is 33.5. The van der Waals surface area contributed by atoms with Gasteiger partial charge in [0.05, 0.1) is 6.61 Å². The Morgan fingerprint density at radius 2 is 1.81 bits per heavy atom. The van der Waals surface area contributed by atoms with Crippen molar-refractivity contribution in [3.05, 3.63) is 121 Å². The van der Waals surface area contributed by atoms with Crippen LogP contribution in [0.15, 0.2) is 71.9 Å². The summed E-state index contributed by atoms with van der Waals surface area (Å²) in [5, 5.41) is 35.0. The van der Waals surface area contributed by atoms with Gasteiger partial charge >= 0.3 is 5.97 Å². The number of hydrogen-bond donors (Lipinski definition) is 5. The molecule has 4 aromatic rings. The molecular weight excluding hydrogens is 629 g/mol. The monoisotopic (exact) mass is 661 g/mol. The number of nitrogens with two attached hydrogens (primary N) is 1. The highest BCUT2D eigenvalue weighted by atomic mass is 35.5. The fourth-order valence-electron chi connectivity index (χ4n) is 6.04. The summed E-state index contributed by atoms with van der Waals surface area (Å²) in [6.07, 6.45) is 2.02. The molecule has 12 heteroatoms. The van der Waals surface area contributed by atoms with E-state index < -0.39 is 36.1 Å². The maximum Gasteiger partial charge on any atom is 0.323 e. The molecule has 4 aromatic carbocycles. The van der Waals surface area contributed by atoms with Gasteiger partial charge < -0.3 is 25.8 Å². The number of hydrogen-bond acceptors (Lipinski definition) is 8. The van der Waals surface area contributed by atoms with Gasteiger partial charge in [-0.25, -0.2) is 4.39 Å². The van der Waals surface area contributed by atoms with Crippen molar-refractivity contribution in [2.45, 2.75) is 50.9 Å². The van der Waals surface area contributed by atoms with Gasteiger partial charge in [-0.2, -0.15) is 4.91 Å². The van der Waals surface area contributed by atoms with Crippen molar-refractivity contribution in [3.8, 4) is 22.6 Å². The van der Waals surface area contributed by atoms with E-state index in [2.05, 4.69) is 10.5 Å². The maximum absolute atomic E-state index is 14.9. The normalized spacial score (nSPS) is 14.4. The molecule has 0 saturated heterocycles. The number of aliphatic carboxylic acids is 1. The number of fused-ring (bicyclic) bond motifs is 1. The molecular formula is C35H33ClFN3O7. The number of phenolic OH excluding ortho intramolecular Hbond substituents is 1. The summed E-state index contributed by atoms with van der Waals surface area (Å²) in [5.74, 6) is -2.52. The van der Waals surface area contributed by atoms with E-state index in [1.54, 1.807) is 36.4 Å². The highest BCUT2D eigenvalue weighted by Gasteiger charge is 2.27. The largest absolute Gasteiger partial charge is 0.505 e. The Morgan fingerprint density at radius 3 is 2.53 bits per heavy atom. The number of carboxylic acid groups (broad SMARTS) is 1. The van der Waals surface area contributed by atoms with Crippen molar-refractivity contribution in [2.75, 3.05) is 6.61 Å². The Bertz CT molecular complexity index is 1830. The minimum Gasteiger partial charge on any atom is -0.505 e. The first-order valence-electron chi connectivity index (χ1n) is 14.9. The topological polar surface area (TPSA) is 172 Å². The van der Waals surface area contributed by atoms with Crippen molar-refractivity contribution in [3.63, 3.8) is 0 Å². The van der Waals surface area contributed by atoms with Gasteiger partial charge in [-0.1, -0.05) is 53.2 Å². The molecule has 1 unspecified atom stereocenters. The number of phenols is 1. The van der Waals surface area contributed by atoms with Crippen molar-refractivity contribution in [1.29, 1.82) is 0 Å². The predicted molar refractivity (Wildman–Crippen MR) is 174 cm³/mol. The second-order valence-corrected chi connectivity index (χ2v) is 11.8. The second kappa shape index (κ2) is 14.7. The standard InChI is InChI=1S/C35H33ClFN3O7/c36-29-13-24(16-39-30(17-41)35(44)45)32(47-18-20-9-19(15-40-46)10-23(11-20)34(38)43)14-22(29)12-21-7-8-27-25(21)3-1-4-26(27)28-5-2-6-31(42)33(28)37/h1-6,9-11,13-14,21,30,39,41-42H,7-8,12,15-18H2,(H2,38,43)(H,44,45)/t21-,30?/m1/s1. The summed E-state index contributed by atoms with van der Waals surface area (Å²) >= 11 is 6.79. The van der Waals surface area contributed by atoms with E-state index in [4.69, 9.17) is 22.1 Å². The third-order valence-corrected chi connectivity index (χ3v) is 8.71. The van der Waals surface area contributed by atoms with E-state index in [9.17, 15) is 34.2 Å². The van der Waals surface area contributed by atoms with Gasteiger partial charge in [0.2, 0.25) is 5.91 Å². The van der Waals surface area contributed by atoms with Crippen LogP contribution in [0.4, 0.5) is 4.39 Å². The number of rotatable bonds is 14. The van der Waals surface area contributed by atoms with Gasteiger partial charge in [0, 0.05) is 28.3 Å². The highest BCUT2D eigenvalue weighted by Crippen LogP contribution is 2.43. The Morgan fingerprint density at radius 1 is 1.06 bits per heavy atom. The van der Waals surface area contributed by atoms with Crippen LogP contribution >= 0.6 is 11.6 Å². The van der Waals surface area contributed by atoms with Crippen LogP contribution in [0.1, 0.15) is 56.1 Å². The van der Waals surface area contributed by atoms with Crippen molar-refractivity contribution in [1.82, 2.24) is 5.32 Å². The first-order valence-corrected chi connectivity index (χ1v) is 15.3. The number of aromatic hydroxyl groups is 1. The van der Waals surface area contributed by atoms with E-state index in [1.807, 2.05) is 18.2 Å². The predicted octanol–water partition coefficient (Wildman–Crippen LogP) is 5.60. The molecule has 5 rings (SSSR count). The number of amides is 1. The molecule has 0 aromatic heterocycles. The van der Waals surface area contributed by atoms with E-state index in [1.165, 1.54) is 12.1 Å². The van der Waals surface area contributed by atoms with Crippen LogP contribution in [0.25, 0.3) is 11.1 Å². The van der Waals surface area contributed by atoms with Crippen LogP contribution in [0.2, 0.25) is 5.02 Å². The Balaban J connectivity index is 1.46. The van der Waals surface area contributed by atoms with E-state index in [-0.39, 0.29) is 31.2 Å². The number of aliphatic hydroxyl groups excluding tert-OH is 1. The van der Waals surface area contributed by atoms with Gasteiger partial charge in [0.1, 0.15) is 24.9 Å². The number of carbonyl (C=O) groups excluding carboxylic acids is 1. The lowest BCUT2D eigenvalue weighted by Crippen LogP contribution is -2.39. The smallest absolute Gasteiger partial charge is 0.323 e. The lowest BCUT2D eigenvalue weighted by molar-refractivity contribution is -0.140. The third-order valence-electron chi connectivity index (χ3n) is 8.36.